The lowest BCUT2D eigenvalue weighted by Gasteiger charge is -2.17. The van der Waals surface area contributed by atoms with Gasteiger partial charge in [-0.15, -0.1) is 0 Å². The van der Waals surface area contributed by atoms with Crippen LogP contribution in [-0.2, 0) is 43.1 Å². The first-order chi connectivity index (χ1) is 39.5. The Labute approximate surface area is 482 Å². The molecule has 0 fully saturated rings. The summed E-state index contributed by atoms with van der Waals surface area (Å²) in [6.07, 6.45) is 32.3. The minimum atomic E-state index is -0.937. The number of rotatable bonds is 35. The second-order valence-electron chi connectivity index (χ2n) is 20.1. The van der Waals surface area contributed by atoms with Crippen LogP contribution in [0.3, 0.4) is 0 Å². The molecule has 0 aliphatic heterocycles. The Kier molecular flexibility index (Phi) is 32.7. The number of aromatic nitrogens is 6. The molecule has 1 N–H and O–H groups in total. The van der Waals surface area contributed by atoms with E-state index in [1.165, 1.54) is 81.8 Å². The lowest BCUT2D eigenvalue weighted by atomic mass is 10.1. The molecule has 15 nitrogen and oxygen atoms in total. The maximum Gasteiger partial charge on any atom is 0.347 e. The number of carbonyl (C=O) groups excluding carboxylic acids is 2. The molecule has 0 bridgehead atoms. The van der Waals surface area contributed by atoms with Crippen LogP contribution in [-0.4, -0.2) is 84.9 Å². The molecule has 15 heteroatoms. The number of hydrogen-bond donors (Lipinski definition) is 1. The number of ether oxygens (including phenoxy) is 5. The summed E-state index contributed by atoms with van der Waals surface area (Å²) in [5, 5.41) is 9.16. The van der Waals surface area contributed by atoms with Gasteiger partial charge < -0.3 is 28.8 Å². The summed E-state index contributed by atoms with van der Waals surface area (Å²) in [6, 6.07) is 22.2. The fourth-order valence-corrected chi connectivity index (χ4v) is 8.24. The van der Waals surface area contributed by atoms with Crippen LogP contribution in [0.2, 0.25) is 0 Å². The van der Waals surface area contributed by atoms with Gasteiger partial charge in [0, 0.05) is 53.9 Å². The van der Waals surface area contributed by atoms with Crippen LogP contribution in [0.15, 0.2) is 110 Å². The van der Waals surface area contributed by atoms with Gasteiger partial charge in [0.2, 0.25) is 0 Å². The van der Waals surface area contributed by atoms with Crippen LogP contribution >= 0.6 is 0 Å². The Morgan fingerprint density at radius 1 is 0.407 bits per heavy atom. The number of unbranched alkanes of at least 4 members (excludes halogenated alkanes) is 9. The first kappa shape index (κ1) is 66.2. The zero-order chi connectivity index (χ0) is 58.3. The minimum Gasteiger partial charge on any atom is -0.482 e. The Hall–Kier alpha value is -7.29. The van der Waals surface area contributed by atoms with Crippen molar-refractivity contribution in [1.82, 2.24) is 29.9 Å². The smallest absolute Gasteiger partial charge is 0.347 e. The molecule has 3 heterocycles. The standard InChI is InChI=1S/C24H34N2O3.C22H30N2O3.C20H26N2O3/c1-4-7-8-9-11-19-17-25-23(26-18-19)20-12-14-21(15-13-20)29-22(10-5-2)24(27)28-16-6-3;1-3-5-6-7-8-9-18-15-23-22(24-16-18)19-10-12-20(13-11-19)27-17-21(25)26-14-4-2;1-3-5-6-8-15-13-21-19(22-14-15)16-9-11-17(12-10-16)25-18(7-4-2)20(23)24/h12-15,17-18,22H,4-11,16H2,1-3H3;10-13,15-16H,3-9,14,17H2,1-2H3;9-14,18H,3-8H2,1-2H3,(H,23,24). The van der Waals surface area contributed by atoms with Gasteiger partial charge in [0.15, 0.2) is 36.3 Å². The molecule has 2 unspecified atom stereocenters. The number of carbonyl (C=O) groups is 3. The number of carboxylic acids is 1. The molecule has 0 aliphatic rings. The highest BCUT2D eigenvalue weighted by atomic mass is 16.6. The predicted molar refractivity (Wildman–Crippen MR) is 320 cm³/mol. The number of hydrogen-bond acceptors (Lipinski definition) is 14. The van der Waals surface area contributed by atoms with Crippen molar-refractivity contribution in [2.75, 3.05) is 19.8 Å². The first-order valence-corrected chi connectivity index (χ1v) is 29.8. The molecule has 0 saturated heterocycles. The molecular weight excluding hydrogens is 1020 g/mol. The molecule has 3 aromatic carbocycles. The maximum absolute atomic E-state index is 12.2. The molecule has 81 heavy (non-hydrogen) atoms. The van der Waals surface area contributed by atoms with Crippen molar-refractivity contribution in [2.45, 2.75) is 196 Å². The molecule has 0 aliphatic carbocycles. The Morgan fingerprint density at radius 3 is 1.15 bits per heavy atom. The van der Waals surface area contributed by atoms with Gasteiger partial charge >= 0.3 is 17.9 Å². The van der Waals surface area contributed by atoms with Gasteiger partial charge in [-0.25, -0.2) is 44.3 Å². The average molecular weight is 1110 g/mol. The minimum absolute atomic E-state index is 0.0806. The van der Waals surface area contributed by atoms with Gasteiger partial charge in [-0.1, -0.05) is 119 Å². The molecule has 0 amide bonds. The summed E-state index contributed by atoms with van der Waals surface area (Å²) in [7, 11) is 0. The van der Waals surface area contributed by atoms with E-state index in [2.05, 4.69) is 50.7 Å². The average Bonchev–Trinajstić information content (AvgIpc) is 3.49. The fraction of sp³-hybridized carbons (Fsp3) is 0.500. The van der Waals surface area contributed by atoms with E-state index >= 15 is 0 Å². The van der Waals surface area contributed by atoms with E-state index in [9.17, 15) is 14.4 Å². The third-order valence-corrected chi connectivity index (χ3v) is 12.9. The van der Waals surface area contributed by atoms with Crippen LogP contribution < -0.4 is 14.2 Å². The fourth-order valence-electron chi connectivity index (χ4n) is 8.24. The Morgan fingerprint density at radius 2 is 0.753 bits per heavy atom. The van der Waals surface area contributed by atoms with E-state index < -0.39 is 18.2 Å². The van der Waals surface area contributed by atoms with Crippen molar-refractivity contribution in [2.24, 2.45) is 0 Å². The van der Waals surface area contributed by atoms with Crippen molar-refractivity contribution in [1.29, 1.82) is 0 Å². The number of carboxylic acid groups (broad SMARTS) is 1. The predicted octanol–water partition coefficient (Wildman–Crippen LogP) is 15.3. The van der Waals surface area contributed by atoms with Gasteiger partial charge in [-0.3, -0.25) is 0 Å². The van der Waals surface area contributed by atoms with E-state index in [1.807, 2.05) is 126 Å². The van der Waals surface area contributed by atoms with Crippen molar-refractivity contribution >= 4 is 17.9 Å². The largest absolute Gasteiger partial charge is 0.482 e. The number of aryl methyl sites for hydroxylation is 3. The summed E-state index contributed by atoms with van der Waals surface area (Å²) in [6.45, 7) is 15.3. The first-order valence-electron chi connectivity index (χ1n) is 29.8. The molecule has 2 atom stereocenters. The molecule has 438 valence electrons. The zero-order valence-electron chi connectivity index (χ0n) is 49.4. The third kappa shape index (κ3) is 26.2. The second kappa shape index (κ2) is 40.0. The molecule has 6 rings (SSSR count). The highest BCUT2D eigenvalue weighted by Gasteiger charge is 2.22. The van der Waals surface area contributed by atoms with Gasteiger partial charge in [-0.05, 0) is 154 Å². The van der Waals surface area contributed by atoms with Gasteiger partial charge in [0.05, 0.1) is 13.2 Å². The zero-order valence-corrected chi connectivity index (χ0v) is 49.4. The lowest BCUT2D eigenvalue weighted by Crippen LogP contribution is -2.29. The highest BCUT2D eigenvalue weighted by molar-refractivity contribution is 5.75. The SMILES string of the molecule is CCCCCCCc1cnc(-c2ccc(OCC(=O)OCCC)cc2)nc1.CCCCCCc1cnc(-c2ccc(OC(CCC)C(=O)OCCC)cc2)nc1.CCCCCc1cnc(-c2ccc(OC(CCC)C(=O)O)cc2)nc1. The summed E-state index contributed by atoms with van der Waals surface area (Å²) in [5.74, 6) is 2.28. The summed E-state index contributed by atoms with van der Waals surface area (Å²) in [5.41, 5.74) is 6.25. The van der Waals surface area contributed by atoms with Crippen LogP contribution in [0, 0.1) is 0 Å². The molecule has 0 spiro atoms. The van der Waals surface area contributed by atoms with Crippen LogP contribution in [0.25, 0.3) is 34.2 Å². The topological polar surface area (TPSA) is 195 Å². The molecule has 3 aromatic heterocycles. The lowest BCUT2D eigenvalue weighted by molar-refractivity contribution is -0.152. The van der Waals surface area contributed by atoms with Gasteiger partial charge in [0.1, 0.15) is 17.2 Å². The van der Waals surface area contributed by atoms with E-state index in [0.29, 0.717) is 60.8 Å². The molecule has 6 aromatic rings. The van der Waals surface area contributed by atoms with Crippen LogP contribution in [0.4, 0.5) is 0 Å². The quantitative estimate of drug-likeness (QED) is 0.0291. The molecule has 0 radical (unpaired) electrons. The monoisotopic (exact) mass is 1110 g/mol. The van der Waals surface area contributed by atoms with Gasteiger partial charge in [-0.2, -0.15) is 0 Å². The summed E-state index contributed by atoms with van der Waals surface area (Å²) in [4.78, 5) is 61.6. The van der Waals surface area contributed by atoms with E-state index in [1.54, 1.807) is 12.1 Å². The summed E-state index contributed by atoms with van der Waals surface area (Å²) >= 11 is 0. The van der Waals surface area contributed by atoms with Crippen molar-refractivity contribution in [3.8, 4) is 51.4 Å². The number of benzene rings is 3. The Balaban J connectivity index is 0.000000262. The normalized spacial score (nSPS) is 11.4. The molecule has 0 saturated carbocycles. The Bertz CT molecular complexity index is 2620. The van der Waals surface area contributed by atoms with Gasteiger partial charge in [0.25, 0.3) is 0 Å². The van der Waals surface area contributed by atoms with Crippen molar-refractivity contribution < 1.29 is 43.2 Å². The van der Waals surface area contributed by atoms with Crippen LogP contribution in [0.5, 0.6) is 17.2 Å². The van der Waals surface area contributed by atoms with Crippen LogP contribution in [0.1, 0.15) is 181 Å². The third-order valence-electron chi connectivity index (χ3n) is 12.9. The highest BCUT2D eigenvalue weighted by Crippen LogP contribution is 2.24. The summed E-state index contributed by atoms with van der Waals surface area (Å²) < 4.78 is 27.1. The van der Waals surface area contributed by atoms with Crippen molar-refractivity contribution in [3.05, 3.63) is 127 Å². The molecular formula is C66H90N6O9. The number of nitrogens with zero attached hydrogens (tertiary/aromatic N) is 6. The second-order valence-corrected chi connectivity index (χ2v) is 20.1. The van der Waals surface area contributed by atoms with Crippen molar-refractivity contribution in [3.63, 3.8) is 0 Å². The number of aliphatic carboxylic acids is 1. The van der Waals surface area contributed by atoms with E-state index in [0.717, 1.165) is 73.6 Å². The maximum atomic E-state index is 12.2. The van der Waals surface area contributed by atoms with E-state index in [4.69, 9.17) is 28.8 Å². The number of esters is 2. The van der Waals surface area contributed by atoms with E-state index in [-0.39, 0.29) is 18.5 Å².